The van der Waals surface area contributed by atoms with Crippen molar-refractivity contribution >= 4 is 22.7 Å². The average molecular weight is 266 g/mol. The normalized spacial score (nSPS) is 10.9. The summed E-state index contributed by atoms with van der Waals surface area (Å²) in [5.41, 5.74) is 3.11. The fourth-order valence-electron chi connectivity index (χ4n) is 1.69. The van der Waals surface area contributed by atoms with E-state index >= 15 is 0 Å². The minimum atomic E-state index is 0.989. The monoisotopic (exact) mass is 266 g/mol. The van der Waals surface area contributed by atoms with E-state index in [4.69, 9.17) is 0 Å². The molecule has 0 atom stereocenters. The Bertz CT molecular complexity index is 459. The van der Waals surface area contributed by atoms with Crippen LogP contribution in [0.25, 0.3) is 0 Å². The lowest BCUT2D eigenvalue weighted by Gasteiger charge is -2.02. The highest BCUT2D eigenvalue weighted by Gasteiger charge is 2.01. The van der Waals surface area contributed by atoms with E-state index in [0.29, 0.717) is 0 Å². The van der Waals surface area contributed by atoms with Crippen LogP contribution in [-0.2, 0) is 19.4 Å². The van der Waals surface area contributed by atoms with E-state index in [1.165, 1.54) is 20.3 Å². The number of nitrogens with one attached hydrogen (secondary N) is 1. The van der Waals surface area contributed by atoms with Crippen LogP contribution in [0.2, 0.25) is 0 Å². The van der Waals surface area contributed by atoms with Gasteiger partial charge in [-0.15, -0.1) is 22.7 Å². The first-order valence-corrected chi connectivity index (χ1v) is 7.66. The molecule has 0 bridgehead atoms. The number of aryl methyl sites for hydroxylation is 2. The predicted octanol–water partition coefficient (Wildman–Crippen LogP) is 3.41. The maximum Gasteiger partial charge on any atom is 0.0797 e. The van der Waals surface area contributed by atoms with Gasteiger partial charge in [0, 0.05) is 27.7 Å². The largest absolute Gasteiger partial charge is 0.311 e. The molecule has 1 N–H and O–H groups in total. The van der Waals surface area contributed by atoms with Crippen molar-refractivity contribution in [1.29, 1.82) is 0 Å². The van der Waals surface area contributed by atoms with Crippen molar-refractivity contribution in [1.82, 2.24) is 10.3 Å². The molecule has 2 heterocycles. The standard InChI is InChI=1S/C13H18N2S2/c1-3-11-4-5-12(17-11)8-14-7-6-13-10(2)15-9-16-13/h4-5,9,14H,3,6-8H2,1-2H3. The molecule has 2 aromatic rings. The number of thiazole rings is 1. The van der Waals surface area contributed by atoms with Crippen molar-refractivity contribution in [3.63, 3.8) is 0 Å². The lowest BCUT2D eigenvalue weighted by atomic mass is 10.3. The van der Waals surface area contributed by atoms with Gasteiger partial charge in [0.25, 0.3) is 0 Å². The number of thiophene rings is 1. The highest BCUT2D eigenvalue weighted by atomic mass is 32.1. The van der Waals surface area contributed by atoms with Crippen molar-refractivity contribution in [3.8, 4) is 0 Å². The highest BCUT2D eigenvalue weighted by molar-refractivity contribution is 7.12. The zero-order chi connectivity index (χ0) is 12.1. The second-order valence-electron chi connectivity index (χ2n) is 4.01. The van der Waals surface area contributed by atoms with Gasteiger partial charge in [-0.05, 0) is 31.9 Å². The van der Waals surface area contributed by atoms with Crippen LogP contribution >= 0.6 is 22.7 Å². The van der Waals surface area contributed by atoms with Crippen LogP contribution in [0, 0.1) is 6.92 Å². The fourth-order valence-corrected chi connectivity index (χ4v) is 3.40. The van der Waals surface area contributed by atoms with E-state index in [9.17, 15) is 0 Å². The summed E-state index contributed by atoms with van der Waals surface area (Å²) in [5.74, 6) is 0. The van der Waals surface area contributed by atoms with Crippen LogP contribution in [0.4, 0.5) is 0 Å². The molecule has 2 aromatic heterocycles. The summed E-state index contributed by atoms with van der Waals surface area (Å²) in [7, 11) is 0. The van der Waals surface area contributed by atoms with Gasteiger partial charge in [-0.25, -0.2) is 4.98 Å². The van der Waals surface area contributed by atoms with Crippen LogP contribution in [0.3, 0.4) is 0 Å². The van der Waals surface area contributed by atoms with Gasteiger partial charge in [-0.3, -0.25) is 0 Å². The van der Waals surface area contributed by atoms with Gasteiger partial charge in [-0.1, -0.05) is 6.92 Å². The van der Waals surface area contributed by atoms with E-state index < -0.39 is 0 Å². The maximum absolute atomic E-state index is 4.26. The van der Waals surface area contributed by atoms with Crippen LogP contribution in [-0.4, -0.2) is 11.5 Å². The Labute approximate surface area is 111 Å². The molecule has 0 radical (unpaired) electrons. The number of hydrogen-bond acceptors (Lipinski definition) is 4. The smallest absolute Gasteiger partial charge is 0.0797 e. The molecule has 0 saturated carbocycles. The molecule has 0 spiro atoms. The Balaban J connectivity index is 1.71. The van der Waals surface area contributed by atoms with Gasteiger partial charge in [0.2, 0.25) is 0 Å². The van der Waals surface area contributed by atoms with Gasteiger partial charge in [0.1, 0.15) is 0 Å². The first-order chi connectivity index (χ1) is 8.29. The quantitative estimate of drug-likeness (QED) is 0.811. The molecule has 0 aromatic carbocycles. The topological polar surface area (TPSA) is 24.9 Å². The zero-order valence-electron chi connectivity index (χ0n) is 10.3. The molecule has 17 heavy (non-hydrogen) atoms. The van der Waals surface area contributed by atoms with E-state index in [1.54, 1.807) is 11.3 Å². The minimum Gasteiger partial charge on any atom is -0.311 e. The van der Waals surface area contributed by atoms with Crippen molar-refractivity contribution in [2.24, 2.45) is 0 Å². The van der Waals surface area contributed by atoms with E-state index in [2.05, 4.69) is 36.3 Å². The lowest BCUT2D eigenvalue weighted by Crippen LogP contribution is -2.15. The van der Waals surface area contributed by atoms with E-state index in [0.717, 1.165) is 25.9 Å². The summed E-state index contributed by atoms with van der Waals surface area (Å²) in [5, 5.41) is 3.49. The molecule has 0 fully saturated rings. The van der Waals surface area contributed by atoms with Crippen LogP contribution in [0.1, 0.15) is 27.2 Å². The highest BCUT2D eigenvalue weighted by Crippen LogP contribution is 2.16. The second-order valence-corrected chi connectivity index (χ2v) is 6.20. The molecular weight excluding hydrogens is 248 g/mol. The summed E-state index contributed by atoms with van der Waals surface area (Å²) in [6.45, 7) is 6.30. The number of nitrogens with zero attached hydrogens (tertiary/aromatic N) is 1. The maximum atomic E-state index is 4.26. The SMILES string of the molecule is CCc1ccc(CNCCc2scnc2C)s1. The van der Waals surface area contributed by atoms with Crippen molar-refractivity contribution < 1.29 is 0 Å². The lowest BCUT2D eigenvalue weighted by molar-refractivity contribution is 0.695. The third-order valence-corrected chi connectivity index (χ3v) is 4.96. The summed E-state index contributed by atoms with van der Waals surface area (Å²) >= 11 is 3.67. The molecule has 4 heteroatoms. The Morgan fingerprint density at radius 1 is 1.29 bits per heavy atom. The fraction of sp³-hybridized carbons (Fsp3) is 0.462. The summed E-state index contributed by atoms with van der Waals surface area (Å²) in [6.07, 6.45) is 2.23. The molecule has 2 rings (SSSR count). The van der Waals surface area contributed by atoms with Crippen molar-refractivity contribution in [3.05, 3.63) is 38.0 Å². The number of aromatic nitrogens is 1. The van der Waals surface area contributed by atoms with Crippen molar-refractivity contribution in [2.75, 3.05) is 6.54 Å². The average Bonchev–Trinajstić information content (AvgIpc) is 2.94. The molecular formula is C13H18N2S2. The van der Waals surface area contributed by atoms with Gasteiger partial charge in [0.05, 0.1) is 11.2 Å². The van der Waals surface area contributed by atoms with Crippen molar-refractivity contribution in [2.45, 2.75) is 33.2 Å². The van der Waals surface area contributed by atoms with Crippen LogP contribution in [0.15, 0.2) is 17.6 Å². The van der Waals surface area contributed by atoms with Gasteiger partial charge in [0.15, 0.2) is 0 Å². The van der Waals surface area contributed by atoms with Gasteiger partial charge >= 0.3 is 0 Å². The van der Waals surface area contributed by atoms with Crippen LogP contribution < -0.4 is 5.32 Å². The molecule has 0 aliphatic rings. The number of rotatable bonds is 6. The molecule has 92 valence electrons. The third kappa shape index (κ3) is 3.63. The summed E-state index contributed by atoms with van der Waals surface area (Å²) in [6, 6.07) is 4.46. The molecule has 0 aliphatic heterocycles. The Morgan fingerprint density at radius 3 is 2.76 bits per heavy atom. The number of hydrogen-bond donors (Lipinski definition) is 1. The van der Waals surface area contributed by atoms with Crippen LogP contribution in [0.5, 0.6) is 0 Å². The third-order valence-electron chi connectivity index (χ3n) is 2.74. The Kier molecular flexibility index (Phi) is 4.71. The van der Waals surface area contributed by atoms with Gasteiger partial charge in [-0.2, -0.15) is 0 Å². The molecule has 0 unspecified atom stereocenters. The Hall–Kier alpha value is -0.710. The second kappa shape index (κ2) is 6.28. The van der Waals surface area contributed by atoms with Gasteiger partial charge < -0.3 is 5.32 Å². The van der Waals surface area contributed by atoms with E-state index in [-0.39, 0.29) is 0 Å². The molecule has 0 aliphatic carbocycles. The molecule has 0 amide bonds. The molecule has 0 saturated heterocycles. The van der Waals surface area contributed by atoms with E-state index in [1.807, 2.05) is 16.8 Å². The Morgan fingerprint density at radius 2 is 2.12 bits per heavy atom. The minimum absolute atomic E-state index is 0.989. The summed E-state index contributed by atoms with van der Waals surface area (Å²) in [4.78, 5) is 8.57. The predicted molar refractivity (Wildman–Crippen MR) is 76.0 cm³/mol. The molecule has 2 nitrogen and oxygen atoms in total. The first kappa shape index (κ1) is 12.7. The zero-order valence-corrected chi connectivity index (χ0v) is 12.0. The summed E-state index contributed by atoms with van der Waals surface area (Å²) < 4.78 is 0. The first-order valence-electron chi connectivity index (χ1n) is 5.97.